The molecule has 1 aromatic heterocycles. The zero-order valence-electron chi connectivity index (χ0n) is 13.6. The van der Waals surface area contributed by atoms with Gasteiger partial charge in [0.2, 0.25) is 0 Å². The summed E-state index contributed by atoms with van der Waals surface area (Å²) in [6, 6.07) is 14.5. The highest BCUT2D eigenvalue weighted by molar-refractivity contribution is 5.94. The molecular weight excluding hydrogens is 304 g/mol. The van der Waals surface area contributed by atoms with E-state index >= 15 is 0 Å². The number of H-pyrrole nitrogens is 1. The van der Waals surface area contributed by atoms with Crippen molar-refractivity contribution in [2.45, 2.75) is 13.5 Å². The predicted molar refractivity (Wildman–Crippen MR) is 93.5 cm³/mol. The number of aromatic nitrogens is 1. The highest BCUT2D eigenvalue weighted by Crippen LogP contribution is 2.18. The molecule has 0 atom stereocenters. The number of nitrogens with one attached hydrogen (secondary N) is 2. The Morgan fingerprint density at radius 3 is 2.58 bits per heavy atom. The lowest BCUT2D eigenvalue weighted by Gasteiger charge is -2.07. The lowest BCUT2D eigenvalue weighted by molar-refractivity contribution is 0.0951. The Bertz CT molecular complexity index is 943. The topological polar surface area (TPSA) is 71.2 Å². The molecule has 0 saturated heterocycles. The van der Waals surface area contributed by atoms with Gasteiger partial charge in [0.15, 0.2) is 0 Å². The van der Waals surface area contributed by atoms with Crippen LogP contribution >= 0.6 is 0 Å². The van der Waals surface area contributed by atoms with E-state index in [0.29, 0.717) is 16.9 Å². The first-order chi connectivity index (χ1) is 11.6. The first-order valence-electron chi connectivity index (χ1n) is 7.61. The molecule has 5 heteroatoms. The monoisotopic (exact) mass is 322 g/mol. The molecule has 0 aliphatic heterocycles. The van der Waals surface area contributed by atoms with Gasteiger partial charge in [0.25, 0.3) is 11.5 Å². The van der Waals surface area contributed by atoms with Crippen LogP contribution in [0, 0.1) is 6.92 Å². The molecule has 24 heavy (non-hydrogen) atoms. The fourth-order valence-electron chi connectivity index (χ4n) is 2.47. The standard InChI is InChI=1S/C19H18N2O3/c1-12-3-5-13(6-4-12)18(22)20-11-15-9-14-10-16(24-2)7-8-17(14)21-19(15)23/h3-10H,11H2,1-2H3,(H,20,22)(H,21,23). The third-order valence-electron chi connectivity index (χ3n) is 3.88. The van der Waals surface area contributed by atoms with Gasteiger partial charge in [-0.25, -0.2) is 0 Å². The quantitative estimate of drug-likeness (QED) is 0.776. The van der Waals surface area contributed by atoms with E-state index in [-0.39, 0.29) is 18.0 Å². The van der Waals surface area contributed by atoms with E-state index in [2.05, 4.69) is 10.3 Å². The number of aryl methyl sites for hydroxylation is 1. The number of methoxy groups -OCH3 is 1. The van der Waals surface area contributed by atoms with Crippen molar-refractivity contribution in [3.05, 3.63) is 75.6 Å². The molecular formula is C19H18N2O3. The molecule has 0 fully saturated rings. The Morgan fingerprint density at radius 2 is 1.88 bits per heavy atom. The first-order valence-corrected chi connectivity index (χ1v) is 7.61. The van der Waals surface area contributed by atoms with Crippen molar-refractivity contribution in [1.82, 2.24) is 10.3 Å². The van der Waals surface area contributed by atoms with E-state index in [4.69, 9.17) is 4.74 Å². The number of carbonyl (C=O) groups excluding carboxylic acids is 1. The number of amides is 1. The van der Waals surface area contributed by atoms with Crippen molar-refractivity contribution in [2.24, 2.45) is 0 Å². The lowest BCUT2D eigenvalue weighted by Crippen LogP contribution is -2.26. The van der Waals surface area contributed by atoms with Gasteiger partial charge in [0, 0.05) is 28.6 Å². The molecule has 0 radical (unpaired) electrons. The highest BCUT2D eigenvalue weighted by Gasteiger charge is 2.08. The summed E-state index contributed by atoms with van der Waals surface area (Å²) in [5.74, 6) is 0.504. The third kappa shape index (κ3) is 3.30. The minimum Gasteiger partial charge on any atom is -0.497 e. The van der Waals surface area contributed by atoms with Gasteiger partial charge in [0.1, 0.15) is 5.75 Å². The summed E-state index contributed by atoms with van der Waals surface area (Å²) in [5.41, 5.74) is 2.67. The molecule has 0 aliphatic carbocycles. The number of ether oxygens (including phenoxy) is 1. The van der Waals surface area contributed by atoms with Crippen LogP contribution < -0.4 is 15.6 Å². The van der Waals surface area contributed by atoms with Crippen LogP contribution in [0.25, 0.3) is 10.9 Å². The Morgan fingerprint density at radius 1 is 1.12 bits per heavy atom. The second-order valence-electron chi connectivity index (χ2n) is 5.63. The van der Waals surface area contributed by atoms with Crippen LogP contribution in [0.4, 0.5) is 0 Å². The van der Waals surface area contributed by atoms with E-state index < -0.39 is 0 Å². The Hall–Kier alpha value is -3.08. The second-order valence-corrected chi connectivity index (χ2v) is 5.63. The van der Waals surface area contributed by atoms with Crippen LogP contribution in [-0.2, 0) is 6.54 Å². The molecule has 0 unspecified atom stereocenters. The zero-order valence-corrected chi connectivity index (χ0v) is 13.6. The van der Waals surface area contributed by atoms with Gasteiger partial charge in [-0.1, -0.05) is 17.7 Å². The smallest absolute Gasteiger partial charge is 0.253 e. The van der Waals surface area contributed by atoms with Crippen LogP contribution in [0.3, 0.4) is 0 Å². The Balaban J connectivity index is 1.81. The Kier molecular flexibility index (Phi) is 4.33. The van der Waals surface area contributed by atoms with Crippen LogP contribution in [-0.4, -0.2) is 18.0 Å². The number of hydrogen-bond acceptors (Lipinski definition) is 3. The summed E-state index contributed by atoms with van der Waals surface area (Å²) < 4.78 is 5.20. The predicted octanol–water partition coefficient (Wildman–Crippen LogP) is 2.78. The number of benzene rings is 2. The molecule has 1 amide bonds. The number of hydrogen-bond donors (Lipinski definition) is 2. The zero-order chi connectivity index (χ0) is 17.1. The maximum Gasteiger partial charge on any atom is 0.253 e. The van der Waals surface area contributed by atoms with E-state index in [1.54, 1.807) is 37.4 Å². The summed E-state index contributed by atoms with van der Waals surface area (Å²) in [4.78, 5) is 27.1. The summed E-state index contributed by atoms with van der Waals surface area (Å²) in [7, 11) is 1.59. The van der Waals surface area contributed by atoms with E-state index in [1.165, 1.54) is 0 Å². The van der Waals surface area contributed by atoms with E-state index in [1.807, 2.05) is 25.1 Å². The van der Waals surface area contributed by atoms with Crippen LogP contribution in [0.15, 0.2) is 53.3 Å². The summed E-state index contributed by atoms with van der Waals surface area (Å²) in [6.45, 7) is 2.12. The average Bonchev–Trinajstić information content (AvgIpc) is 2.60. The van der Waals surface area contributed by atoms with Gasteiger partial charge < -0.3 is 15.0 Å². The molecule has 1 heterocycles. The molecule has 122 valence electrons. The summed E-state index contributed by atoms with van der Waals surface area (Å²) in [6.07, 6.45) is 0. The summed E-state index contributed by atoms with van der Waals surface area (Å²) >= 11 is 0. The number of pyridine rings is 1. The second kappa shape index (κ2) is 6.58. The largest absolute Gasteiger partial charge is 0.497 e. The Labute approximate surface area is 139 Å². The molecule has 0 saturated carbocycles. The van der Waals surface area contributed by atoms with Crippen molar-refractivity contribution in [3.63, 3.8) is 0 Å². The fraction of sp³-hybridized carbons (Fsp3) is 0.158. The third-order valence-corrected chi connectivity index (χ3v) is 3.88. The van der Waals surface area contributed by atoms with Gasteiger partial charge in [-0.3, -0.25) is 9.59 Å². The van der Waals surface area contributed by atoms with Crippen LogP contribution in [0.2, 0.25) is 0 Å². The highest BCUT2D eigenvalue weighted by atomic mass is 16.5. The normalized spacial score (nSPS) is 10.6. The average molecular weight is 322 g/mol. The van der Waals surface area contributed by atoms with Crippen molar-refractivity contribution < 1.29 is 9.53 Å². The van der Waals surface area contributed by atoms with Gasteiger partial charge >= 0.3 is 0 Å². The molecule has 5 nitrogen and oxygen atoms in total. The molecule has 3 rings (SSSR count). The number of aromatic amines is 1. The molecule has 2 aromatic carbocycles. The van der Waals surface area contributed by atoms with Gasteiger partial charge in [0.05, 0.1) is 7.11 Å². The van der Waals surface area contributed by atoms with E-state index in [0.717, 1.165) is 16.5 Å². The van der Waals surface area contributed by atoms with Crippen LogP contribution in [0.5, 0.6) is 5.75 Å². The van der Waals surface area contributed by atoms with Crippen molar-refractivity contribution >= 4 is 16.8 Å². The van der Waals surface area contributed by atoms with E-state index in [9.17, 15) is 9.59 Å². The number of fused-ring (bicyclic) bond motifs is 1. The van der Waals surface area contributed by atoms with Gasteiger partial charge in [-0.05, 0) is 43.3 Å². The van der Waals surface area contributed by atoms with Crippen molar-refractivity contribution in [1.29, 1.82) is 0 Å². The minimum absolute atomic E-state index is 0.162. The van der Waals surface area contributed by atoms with Gasteiger partial charge in [-0.2, -0.15) is 0 Å². The SMILES string of the molecule is COc1ccc2[nH]c(=O)c(CNC(=O)c3ccc(C)cc3)cc2c1. The first kappa shape index (κ1) is 15.8. The molecule has 0 aliphatic rings. The number of carbonyl (C=O) groups is 1. The maximum atomic E-state index is 12.2. The molecule has 2 N–H and O–H groups in total. The molecule has 0 bridgehead atoms. The lowest BCUT2D eigenvalue weighted by atomic mass is 10.1. The maximum absolute atomic E-state index is 12.2. The fourth-order valence-corrected chi connectivity index (χ4v) is 2.47. The van der Waals surface area contributed by atoms with Gasteiger partial charge in [-0.15, -0.1) is 0 Å². The number of rotatable bonds is 4. The van der Waals surface area contributed by atoms with Crippen molar-refractivity contribution in [3.8, 4) is 5.75 Å². The van der Waals surface area contributed by atoms with Crippen molar-refractivity contribution in [2.75, 3.05) is 7.11 Å². The minimum atomic E-state index is -0.211. The molecule has 0 spiro atoms. The summed E-state index contributed by atoms with van der Waals surface area (Å²) in [5, 5.41) is 3.63. The van der Waals surface area contributed by atoms with Crippen LogP contribution in [0.1, 0.15) is 21.5 Å². The molecule has 3 aromatic rings.